The van der Waals surface area contributed by atoms with Crippen LogP contribution in [-0.2, 0) is 6.54 Å². The summed E-state index contributed by atoms with van der Waals surface area (Å²) < 4.78 is 0. The van der Waals surface area contributed by atoms with Gasteiger partial charge in [0, 0.05) is 24.3 Å². The van der Waals surface area contributed by atoms with Gasteiger partial charge in [0.2, 0.25) is 5.91 Å². The van der Waals surface area contributed by atoms with Crippen molar-refractivity contribution in [2.75, 3.05) is 11.4 Å². The number of benzene rings is 2. The van der Waals surface area contributed by atoms with Crippen LogP contribution < -0.4 is 10.6 Å². The van der Waals surface area contributed by atoms with E-state index in [2.05, 4.69) is 24.0 Å². The minimum atomic E-state index is -0.387. The zero-order valence-corrected chi connectivity index (χ0v) is 11.0. The van der Waals surface area contributed by atoms with Crippen LogP contribution in [0, 0.1) is 0 Å². The standard InChI is InChI=1S/C16H18N2O/c1-2-18(15-6-4-3-5-7-15)12-13-8-10-14(11-9-13)16(17)19/h3-11H,2,12H2,1H3,(H2,17,19). The molecule has 0 bridgehead atoms. The lowest BCUT2D eigenvalue weighted by molar-refractivity contribution is 0.100. The molecule has 0 aliphatic heterocycles. The topological polar surface area (TPSA) is 46.3 Å². The molecule has 0 saturated heterocycles. The van der Waals surface area contributed by atoms with Crippen LogP contribution >= 0.6 is 0 Å². The summed E-state index contributed by atoms with van der Waals surface area (Å²) in [5, 5.41) is 0. The van der Waals surface area contributed by atoms with Crippen LogP contribution in [0.25, 0.3) is 0 Å². The van der Waals surface area contributed by atoms with Gasteiger partial charge >= 0.3 is 0 Å². The Morgan fingerprint density at radius 3 is 2.21 bits per heavy atom. The fourth-order valence-corrected chi connectivity index (χ4v) is 2.02. The van der Waals surface area contributed by atoms with E-state index in [0.717, 1.165) is 18.7 Å². The highest BCUT2D eigenvalue weighted by atomic mass is 16.1. The van der Waals surface area contributed by atoms with Crippen LogP contribution in [0.2, 0.25) is 0 Å². The first-order chi connectivity index (χ1) is 9.20. The number of rotatable bonds is 5. The third kappa shape index (κ3) is 3.35. The Hall–Kier alpha value is -2.29. The summed E-state index contributed by atoms with van der Waals surface area (Å²) in [6.45, 7) is 3.88. The van der Waals surface area contributed by atoms with Gasteiger partial charge < -0.3 is 10.6 Å². The summed E-state index contributed by atoms with van der Waals surface area (Å²) in [5.41, 5.74) is 8.14. The van der Waals surface area contributed by atoms with Gasteiger partial charge in [-0.05, 0) is 36.8 Å². The Bertz CT molecular complexity index is 534. The highest BCUT2D eigenvalue weighted by Crippen LogP contribution is 2.16. The molecular weight excluding hydrogens is 236 g/mol. The summed E-state index contributed by atoms with van der Waals surface area (Å²) in [5.74, 6) is -0.387. The van der Waals surface area contributed by atoms with Crippen molar-refractivity contribution in [3.63, 3.8) is 0 Å². The molecule has 2 aromatic rings. The first-order valence-corrected chi connectivity index (χ1v) is 6.39. The van der Waals surface area contributed by atoms with Crippen molar-refractivity contribution in [3.05, 3.63) is 65.7 Å². The van der Waals surface area contributed by atoms with Gasteiger partial charge in [0.15, 0.2) is 0 Å². The Kier molecular flexibility index (Phi) is 4.18. The van der Waals surface area contributed by atoms with E-state index in [1.54, 1.807) is 12.1 Å². The minimum Gasteiger partial charge on any atom is -0.367 e. The van der Waals surface area contributed by atoms with E-state index in [-0.39, 0.29) is 5.91 Å². The molecule has 0 fully saturated rings. The molecule has 0 unspecified atom stereocenters. The number of carbonyl (C=O) groups excluding carboxylic acids is 1. The largest absolute Gasteiger partial charge is 0.367 e. The second kappa shape index (κ2) is 6.05. The third-order valence-corrected chi connectivity index (χ3v) is 3.11. The van der Waals surface area contributed by atoms with Gasteiger partial charge in [-0.15, -0.1) is 0 Å². The van der Waals surface area contributed by atoms with Crippen molar-refractivity contribution < 1.29 is 4.79 Å². The molecule has 98 valence electrons. The molecule has 19 heavy (non-hydrogen) atoms. The Morgan fingerprint density at radius 1 is 1.05 bits per heavy atom. The number of nitrogens with zero attached hydrogens (tertiary/aromatic N) is 1. The number of hydrogen-bond acceptors (Lipinski definition) is 2. The summed E-state index contributed by atoms with van der Waals surface area (Å²) in [6, 6.07) is 17.7. The van der Waals surface area contributed by atoms with Crippen LogP contribution in [0.3, 0.4) is 0 Å². The van der Waals surface area contributed by atoms with Crippen molar-refractivity contribution >= 4 is 11.6 Å². The van der Waals surface area contributed by atoms with E-state index in [1.165, 1.54) is 5.69 Å². The Morgan fingerprint density at radius 2 is 1.68 bits per heavy atom. The predicted octanol–water partition coefficient (Wildman–Crippen LogP) is 2.81. The van der Waals surface area contributed by atoms with Gasteiger partial charge in [-0.1, -0.05) is 30.3 Å². The molecule has 0 aliphatic rings. The lowest BCUT2D eigenvalue weighted by atomic mass is 10.1. The maximum atomic E-state index is 11.0. The van der Waals surface area contributed by atoms with Crippen molar-refractivity contribution in [2.45, 2.75) is 13.5 Å². The number of para-hydroxylation sites is 1. The number of amides is 1. The molecular formula is C16H18N2O. The molecule has 0 aliphatic carbocycles. The fourth-order valence-electron chi connectivity index (χ4n) is 2.02. The number of carbonyl (C=O) groups is 1. The molecule has 2 aromatic carbocycles. The first-order valence-electron chi connectivity index (χ1n) is 6.39. The zero-order chi connectivity index (χ0) is 13.7. The first kappa shape index (κ1) is 13.1. The highest BCUT2D eigenvalue weighted by molar-refractivity contribution is 5.92. The number of primary amides is 1. The predicted molar refractivity (Wildman–Crippen MR) is 78.1 cm³/mol. The molecule has 0 aromatic heterocycles. The normalized spacial score (nSPS) is 10.2. The number of nitrogens with two attached hydrogens (primary N) is 1. The fraction of sp³-hybridized carbons (Fsp3) is 0.188. The average molecular weight is 254 g/mol. The van der Waals surface area contributed by atoms with Crippen LogP contribution in [0.15, 0.2) is 54.6 Å². The van der Waals surface area contributed by atoms with Gasteiger partial charge in [-0.2, -0.15) is 0 Å². The third-order valence-electron chi connectivity index (χ3n) is 3.11. The van der Waals surface area contributed by atoms with Gasteiger partial charge in [0.25, 0.3) is 0 Å². The molecule has 0 saturated carbocycles. The quantitative estimate of drug-likeness (QED) is 0.891. The zero-order valence-electron chi connectivity index (χ0n) is 11.0. The van der Waals surface area contributed by atoms with Crippen molar-refractivity contribution in [3.8, 4) is 0 Å². The second-order valence-electron chi connectivity index (χ2n) is 4.41. The molecule has 3 nitrogen and oxygen atoms in total. The van der Waals surface area contributed by atoms with Crippen LogP contribution in [0.5, 0.6) is 0 Å². The van der Waals surface area contributed by atoms with Gasteiger partial charge in [0.05, 0.1) is 0 Å². The minimum absolute atomic E-state index is 0.387. The van der Waals surface area contributed by atoms with Crippen molar-refractivity contribution in [1.29, 1.82) is 0 Å². The van der Waals surface area contributed by atoms with Gasteiger partial charge in [-0.3, -0.25) is 4.79 Å². The molecule has 2 N–H and O–H groups in total. The second-order valence-corrected chi connectivity index (χ2v) is 4.41. The van der Waals surface area contributed by atoms with E-state index in [4.69, 9.17) is 5.73 Å². The molecule has 3 heteroatoms. The van der Waals surface area contributed by atoms with E-state index in [0.29, 0.717) is 5.56 Å². The molecule has 2 rings (SSSR count). The summed E-state index contributed by atoms with van der Waals surface area (Å²) in [7, 11) is 0. The average Bonchev–Trinajstić information content (AvgIpc) is 2.46. The van der Waals surface area contributed by atoms with E-state index < -0.39 is 0 Å². The lowest BCUT2D eigenvalue weighted by Gasteiger charge is -2.23. The van der Waals surface area contributed by atoms with Crippen LogP contribution in [0.1, 0.15) is 22.8 Å². The summed E-state index contributed by atoms with van der Waals surface area (Å²) in [4.78, 5) is 13.3. The molecule has 0 heterocycles. The summed E-state index contributed by atoms with van der Waals surface area (Å²) in [6.07, 6.45) is 0. The van der Waals surface area contributed by atoms with Crippen LogP contribution in [-0.4, -0.2) is 12.5 Å². The molecule has 0 radical (unpaired) electrons. The van der Waals surface area contributed by atoms with Crippen molar-refractivity contribution in [1.82, 2.24) is 0 Å². The monoisotopic (exact) mass is 254 g/mol. The van der Waals surface area contributed by atoms with E-state index >= 15 is 0 Å². The summed E-state index contributed by atoms with van der Waals surface area (Å²) >= 11 is 0. The number of hydrogen-bond donors (Lipinski definition) is 1. The van der Waals surface area contributed by atoms with Crippen molar-refractivity contribution in [2.24, 2.45) is 5.73 Å². The van der Waals surface area contributed by atoms with Gasteiger partial charge in [-0.25, -0.2) is 0 Å². The SMILES string of the molecule is CCN(Cc1ccc(C(N)=O)cc1)c1ccccc1. The molecule has 0 atom stereocenters. The molecule has 0 spiro atoms. The lowest BCUT2D eigenvalue weighted by Crippen LogP contribution is -2.21. The Labute approximate surface area is 113 Å². The maximum absolute atomic E-state index is 11.0. The maximum Gasteiger partial charge on any atom is 0.248 e. The Balaban J connectivity index is 2.12. The van der Waals surface area contributed by atoms with Crippen LogP contribution in [0.4, 0.5) is 5.69 Å². The smallest absolute Gasteiger partial charge is 0.248 e. The van der Waals surface area contributed by atoms with Gasteiger partial charge in [0.1, 0.15) is 0 Å². The van der Waals surface area contributed by atoms with E-state index in [9.17, 15) is 4.79 Å². The number of anilines is 1. The molecule has 1 amide bonds. The van der Waals surface area contributed by atoms with E-state index in [1.807, 2.05) is 30.3 Å². The highest BCUT2D eigenvalue weighted by Gasteiger charge is 2.05.